The summed E-state index contributed by atoms with van der Waals surface area (Å²) in [5.74, 6) is -1.47. The number of amides is 2. The highest BCUT2D eigenvalue weighted by molar-refractivity contribution is 5.91. The summed E-state index contributed by atoms with van der Waals surface area (Å²) in [5, 5.41) is 12.0. The second-order valence-electron chi connectivity index (χ2n) is 6.82. The maximum Gasteiger partial charge on any atom is 0.307 e. The van der Waals surface area contributed by atoms with E-state index in [1.807, 2.05) is 13.8 Å². The fourth-order valence-corrected chi connectivity index (χ4v) is 3.40. The zero-order valence-electron chi connectivity index (χ0n) is 12.9. The van der Waals surface area contributed by atoms with Crippen molar-refractivity contribution in [1.29, 1.82) is 0 Å². The molecule has 118 valence electrons. The maximum atomic E-state index is 12.5. The highest BCUT2D eigenvalue weighted by Crippen LogP contribution is 2.59. The first kappa shape index (κ1) is 15.8. The molecule has 1 aliphatic carbocycles. The fourth-order valence-electron chi connectivity index (χ4n) is 3.40. The third-order valence-corrected chi connectivity index (χ3v) is 4.93. The van der Waals surface area contributed by atoms with Crippen LogP contribution in [-0.2, 0) is 14.4 Å². The van der Waals surface area contributed by atoms with Crippen LogP contribution in [0.4, 0.5) is 0 Å². The summed E-state index contributed by atoms with van der Waals surface area (Å²) in [6.45, 7) is 7.16. The summed E-state index contributed by atoms with van der Waals surface area (Å²) in [5.41, 5.74) is -0.435. The number of likely N-dealkylation sites (tertiary alicyclic amines) is 1. The van der Waals surface area contributed by atoms with Gasteiger partial charge in [-0.2, -0.15) is 0 Å². The van der Waals surface area contributed by atoms with Crippen LogP contribution in [0.2, 0.25) is 0 Å². The minimum Gasteiger partial charge on any atom is -0.481 e. The van der Waals surface area contributed by atoms with Crippen molar-refractivity contribution in [1.82, 2.24) is 10.2 Å². The smallest absolute Gasteiger partial charge is 0.307 e. The lowest BCUT2D eigenvalue weighted by atomic mass is 9.96. The van der Waals surface area contributed by atoms with E-state index in [0.29, 0.717) is 25.6 Å². The summed E-state index contributed by atoms with van der Waals surface area (Å²) in [6.07, 6.45) is 1.72. The lowest BCUT2D eigenvalue weighted by Gasteiger charge is -2.32. The molecule has 1 heterocycles. The molecule has 6 heteroatoms. The van der Waals surface area contributed by atoms with E-state index in [4.69, 9.17) is 5.11 Å². The van der Waals surface area contributed by atoms with Gasteiger partial charge in [-0.1, -0.05) is 13.8 Å². The molecule has 21 heavy (non-hydrogen) atoms. The van der Waals surface area contributed by atoms with Crippen molar-refractivity contribution in [3.63, 3.8) is 0 Å². The van der Waals surface area contributed by atoms with Crippen LogP contribution >= 0.6 is 0 Å². The van der Waals surface area contributed by atoms with Gasteiger partial charge in [0.15, 0.2) is 0 Å². The Balaban J connectivity index is 1.84. The molecular weight excluding hydrogens is 272 g/mol. The molecule has 2 N–H and O–H groups in total. The molecule has 2 fully saturated rings. The van der Waals surface area contributed by atoms with Crippen LogP contribution in [0, 0.1) is 23.2 Å². The van der Waals surface area contributed by atoms with Gasteiger partial charge in [-0.15, -0.1) is 0 Å². The second-order valence-corrected chi connectivity index (χ2v) is 6.82. The van der Waals surface area contributed by atoms with Gasteiger partial charge in [0.05, 0.1) is 11.8 Å². The van der Waals surface area contributed by atoms with Gasteiger partial charge in [0.2, 0.25) is 11.8 Å². The number of carboxylic acid groups (broad SMARTS) is 1. The molecule has 1 saturated heterocycles. The van der Waals surface area contributed by atoms with Gasteiger partial charge in [0.1, 0.15) is 0 Å². The van der Waals surface area contributed by atoms with Gasteiger partial charge >= 0.3 is 5.97 Å². The minimum absolute atomic E-state index is 0.0228. The summed E-state index contributed by atoms with van der Waals surface area (Å²) < 4.78 is 0. The van der Waals surface area contributed by atoms with Crippen molar-refractivity contribution >= 4 is 17.8 Å². The molecule has 6 nitrogen and oxygen atoms in total. The summed E-state index contributed by atoms with van der Waals surface area (Å²) in [4.78, 5) is 36.3. The Bertz CT molecular complexity index is 453. The Hall–Kier alpha value is -1.59. The van der Waals surface area contributed by atoms with Crippen LogP contribution in [0.15, 0.2) is 0 Å². The first-order valence-corrected chi connectivity index (χ1v) is 7.51. The van der Waals surface area contributed by atoms with Crippen LogP contribution in [0.5, 0.6) is 0 Å². The quantitative estimate of drug-likeness (QED) is 0.800. The molecule has 0 aromatic heterocycles. The van der Waals surface area contributed by atoms with Gasteiger partial charge in [-0.05, 0) is 24.2 Å². The first-order valence-electron chi connectivity index (χ1n) is 7.51. The molecule has 0 unspecified atom stereocenters. The number of carbonyl (C=O) groups is 3. The average Bonchev–Trinajstić information content (AvgIpc) is 2.99. The van der Waals surface area contributed by atoms with Crippen molar-refractivity contribution in [3.05, 3.63) is 0 Å². The van der Waals surface area contributed by atoms with E-state index in [9.17, 15) is 14.4 Å². The van der Waals surface area contributed by atoms with Crippen LogP contribution in [0.3, 0.4) is 0 Å². The van der Waals surface area contributed by atoms with Crippen LogP contribution < -0.4 is 5.32 Å². The Morgan fingerprint density at radius 2 is 1.76 bits per heavy atom. The lowest BCUT2D eigenvalue weighted by molar-refractivity contribution is -0.142. The molecule has 2 amide bonds. The number of hydrogen-bond donors (Lipinski definition) is 2. The lowest BCUT2D eigenvalue weighted by Crippen LogP contribution is -2.42. The summed E-state index contributed by atoms with van der Waals surface area (Å²) in [7, 11) is 0. The second kappa shape index (κ2) is 5.66. The normalized spacial score (nSPS) is 28.0. The first-order chi connectivity index (χ1) is 9.75. The maximum absolute atomic E-state index is 12.5. The molecule has 0 aromatic carbocycles. The zero-order chi connectivity index (χ0) is 15.8. The average molecular weight is 296 g/mol. The molecule has 2 rings (SSSR count). The number of rotatable bonds is 4. The molecule has 0 radical (unpaired) electrons. The van der Waals surface area contributed by atoms with Crippen molar-refractivity contribution in [2.24, 2.45) is 23.2 Å². The number of carboxylic acids is 1. The van der Waals surface area contributed by atoms with E-state index in [1.54, 1.807) is 4.90 Å². The van der Waals surface area contributed by atoms with Crippen molar-refractivity contribution in [2.75, 3.05) is 19.6 Å². The molecule has 2 aliphatic rings. The van der Waals surface area contributed by atoms with Gasteiger partial charge in [0, 0.05) is 26.6 Å². The highest BCUT2D eigenvalue weighted by atomic mass is 16.4. The third kappa shape index (κ3) is 3.19. The van der Waals surface area contributed by atoms with Gasteiger partial charge < -0.3 is 15.3 Å². The van der Waals surface area contributed by atoms with E-state index < -0.39 is 17.3 Å². The minimum atomic E-state index is -0.876. The number of piperidine rings is 1. The predicted octanol–water partition coefficient (Wildman–Crippen LogP) is 0.718. The van der Waals surface area contributed by atoms with Crippen molar-refractivity contribution < 1.29 is 19.5 Å². The van der Waals surface area contributed by atoms with Crippen LogP contribution in [-0.4, -0.2) is 47.4 Å². The Morgan fingerprint density at radius 3 is 2.19 bits per heavy atom. The van der Waals surface area contributed by atoms with E-state index in [0.717, 1.165) is 12.8 Å². The highest BCUT2D eigenvalue weighted by Gasteiger charge is 2.66. The topological polar surface area (TPSA) is 86.7 Å². The Labute approximate surface area is 124 Å². The molecular formula is C15H24N2O4. The Morgan fingerprint density at radius 1 is 1.19 bits per heavy atom. The van der Waals surface area contributed by atoms with Crippen molar-refractivity contribution in [2.45, 2.75) is 33.6 Å². The number of carbonyl (C=O) groups excluding carboxylic acids is 2. The van der Waals surface area contributed by atoms with Crippen molar-refractivity contribution in [3.8, 4) is 0 Å². The van der Waals surface area contributed by atoms with Crippen LogP contribution in [0.1, 0.15) is 33.6 Å². The van der Waals surface area contributed by atoms with E-state index in [-0.39, 0.29) is 17.7 Å². The van der Waals surface area contributed by atoms with Gasteiger partial charge in [0.25, 0.3) is 0 Å². The SMILES string of the molecule is CC(=O)NCC1CCN(C(=O)[C@H]2[C@@H](C(=O)O)C2(C)C)CC1. The van der Waals surface area contributed by atoms with Gasteiger partial charge in [-0.25, -0.2) is 0 Å². The molecule has 2 atom stereocenters. The monoisotopic (exact) mass is 296 g/mol. The standard InChI is InChI=1S/C15H24N2O4/c1-9(18)16-8-10-4-6-17(7-5-10)13(19)11-12(14(20)21)15(11,2)3/h10-12H,4-8H2,1-3H3,(H,16,18)(H,20,21)/t11-,12+/m1/s1. The predicted molar refractivity (Wildman–Crippen MR) is 76.4 cm³/mol. The number of hydrogen-bond acceptors (Lipinski definition) is 3. The van der Waals surface area contributed by atoms with Gasteiger partial charge in [-0.3, -0.25) is 14.4 Å². The van der Waals surface area contributed by atoms with E-state index >= 15 is 0 Å². The largest absolute Gasteiger partial charge is 0.481 e. The zero-order valence-corrected chi connectivity index (χ0v) is 12.9. The molecule has 0 bridgehead atoms. The summed E-state index contributed by atoms with van der Waals surface area (Å²) in [6, 6.07) is 0. The summed E-state index contributed by atoms with van der Waals surface area (Å²) >= 11 is 0. The van der Waals surface area contributed by atoms with Crippen LogP contribution in [0.25, 0.3) is 0 Å². The number of nitrogens with zero attached hydrogens (tertiary/aromatic N) is 1. The molecule has 0 aromatic rings. The molecule has 1 aliphatic heterocycles. The fraction of sp³-hybridized carbons (Fsp3) is 0.800. The van der Waals surface area contributed by atoms with E-state index in [2.05, 4.69) is 5.32 Å². The molecule has 0 spiro atoms. The third-order valence-electron chi connectivity index (χ3n) is 4.93. The van der Waals surface area contributed by atoms with E-state index in [1.165, 1.54) is 6.92 Å². The number of nitrogens with one attached hydrogen (secondary N) is 1. The molecule has 1 saturated carbocycles. The number of aliphatic carboxylic acids is 1. The Kier molecular flexibility index (Phi) is 4.25.